The van der Waals surface area contributed by atoms with E-state index in [1.54, 1.807) is 6.21 Å². The van der Waals surface area contributed by atoms with Crippen molar-refractivity contribution in [2.24, 2.45) is 5.10 Å². The summed E-state index contributed by atoms with van der Waals surface area (Å²) in [5, 5.41) is 13.2. The first kappa shape index (κ1) is 29.7. The number of carboxylic acid groups (broad SMARTS) is 1. The van der Waals surface area contributed by atoms with Crippen LogP contribution in [-0.4, -0.2) is 29.9 Å². The van der Waals surface area contributed by atoms with E-state index in [2.05, 4.69) is 54.4 Å². The van der Waals surface area contributed by atoms with Crippen LogP contribution in [0.5, 0.6) is 0 Å². The molecule has 0 saturated carbocycles. The number of rotatable bonds is 9. The molecule has 0 aromatic heterocycles. The molecule has 0 saturated heterocycles. The molecule has 3 aromatic rings. The number of benzene rings is 3. The fourth-order valence-electron chi connectivity index (χ4n) is 5.43. The van der Waals surface area contributed by atoms with E-state index in [-0.39, 0.29) is 17.2 Å². The van der Waals surface area contributed by atoms with Gasteiger partial charge in [0.1, 0.15) is 11.6 Å². The molecule has 5 nitrogen and oxygen atoms in total. The predicted octanol–water partition coefficient (Wildman–Crippen LogP) is 7.73. The summed E-state index contributed by atoms with van der Waals surface area (Å²) < 4.78 is 31.7. The van der Waals surface area contributed by atoms with Crippen LogP contribution >= 0.6 is 0 Å². The average Bonchev–Trinajstić information content (AvgIpc) is 2.93. The Bertz CT molecular complexity index is 1470. The maximum absolute atomic E-state index is 15.9. The minimum Gasteiger partial charge on any atom is -0.478 e. The van der Waals surface area contributed by atoms with Gasteiger partial charge in [-0.15, -0.1) is 0 Å². The molecule has 0 spiro atoms. The zero-order valence-electron chi connectivity index (χ0n) is 24.2. The van der Waals surface area contributed by atoms with Crippen LogP contribution in [-0.2, 0) is 11.2 Å². The van der Waals surface area contributed by atoms with Crippen molar-refractivity contribution in [1.29, 1.82) is 0 Å². The molecule has 1 aliphatic heterocycles. The van der Waals surface area contributed by atoms with Gasteiger partial charge in [0.25, 0.3) is 0 Å². The largest absolute Gasteiger partial charge is 0.478 e. The van der Waals surface area contributed by atoms with Crippen molar-refractivity contribution < 1.29 is 18.7 Å². The van der Waals surface area contributed by atoms with Gasteiger partial charge < -0.3 is 15.4 Å². The first-order valence-corrected chi connectivity index (χ1v) is 14.0. The number of carbonyl (C=O) groups is 1. The molecule has 214 valence electrons. The smallest absolute Gasteiger partial charge is 0.328 e. The van der Waals surface area contributed by atoms with Gasteiger partial charge in [-0.1, -0.05) is 50.3 Å². The second kappa shape index (κ2) is 12.9. The molecular formula is C34H37F2N3O2. The third-order valence-corrected chi connectivity index (χ3v) is 7.45. The van der Waals surface area contributed by atoms with Crippen molar-refractivity contribution in [3.05, 3.63) is 112 Å². The van der Waals surface area contributed by atoms with Crippen LogP contribution in [0.1, 0.15) is 80.0 Å². The first-order chi connectivity index (χ1) is 19.6. The quantitative estimate of drug-likeness (QED) is 0.161. The zero-order valence-corrected chi connectivity index (χ0v) is 24.2. The van der Waals surface area contributed by atoms with E-state index < -0.39 is 23.6 Å². The number of aliphatic carboxylic acids is 1. The first-order valence-electron chi connectivity index (χ1n) is 14.0. The number of hydrogen-bond donors (Lipinski definition) is 2. The number of halogens is 2. The third-order valence-electron chi connectivity index (χ3n) is 7.45. The normalized spacial score (nSPS) is 17.5. The summed E-state index contributed by atoms with van der Waals surface area (Å²) in [6.45, 7) is 11.0. The van der Waals surface area contributed by atoms with Crippen LogP contribution in [0.3, 0.4) is 0 Å². The summed E-state index contributed by atoms with van der Waals surface area (Å²) in [5.41, 5.74) is 8.85. The van der Waals surface area contributed by atoms with Crippen molar-refractivity contribution in [2.45, 2.75) is 59.0 Å². The van der Waals surface area contributed by atoms with Crippen molar-refractivity contribution >= 4 is 29.5 Å². The molecule has 0 unspecified atom stereocenters. The van der Waals surface area contributed by atoms with Crippen molar-refractivity contribution in [3.8, 4) is 0 Å². The second-order valence-electron chi connectivity index (χ2n) is 10.6. The minimum absolute atomic E-state index is 0.0640. The molecule has 0 bridgehead atoms. The summed E-state index contributed by atoms with van der Waals surface area (Å²) in [6.07, 6.45) is 6.51. The lowest BCUT2D eigenvalue weighted by Gasteiger charge is -2.44. The number of carboxylic acids is 1. The molecule has 0 fully saturated rings. The van der Waals surface area contributed by atoms with Gasteiger partial charge in [-0.3, -0.25) is 0 Å². The van der Waals surface area contributed by atoms with E-state index in [0.717, 1.165) is 34.0 Å². The van der Waals surface area contributed by atoms with E-state index in [1.807, 2.05) is 44.2 Å². The number of allylic oxidation sites excluding steroid dienone is 2. The van der Waals surface area contributed by atoms with Crippen LogP contribution in [0.25, 0.3) is 11.6 Å². The summed E-state index contributed by atoms with van der Waals surface area (Å²) in [5.74, 6) is -2.27. The monoisotopic (exact) mass is 557 g/mol. The van der Waals surface area contributed by atoms with Crippen LogP contribution in [0.4, 0.5) is 14.5 Å². The molecule has 1 heterocycles. The van der Waals surface area contributed by atoms with Gasteiger partial charge in [0.2, 0.25) is 0 Å². The molecule has 4 rings (SSSR count). The Balaban J connectivity index is 1.88. The van der Waals surface area contributed by atoms with Crippen molar-refractivity contribution in [2.75, 3.05) is 11.4 Å². The summed E-state index contributed by atoms with van der Waals surface area (Å²) in [7, 11) is 0. The Labute approximate surface area is 240 Å². The van der Waals surface area contributed by atoms with E-state index in [1.165, 1.54) is 23.8 Å². The van der Waals surface area contributed by atoms with Gasteiger partial charge in [-0.2, -0.15) is 5.10 Å². The highest BCUT2D eigenvalue weighted by Crippen LogP contribution is 2.43. The number of hydrogen-bond acceptors (Lipinski definition) is 4. The van der Waals surface area contributed by atoms with Crippen LogP contribution in [0.2, 0.25) is 0 Å². The Morgan fingerprint density at radius 2 is 1.80 bits per heavy atom. The molecule has 0 aliphatic carbocycles. The minimum atomic E-state index is -1.19. The van der Waals surface area contributed by atoms with E-state index in [9.17, 15) is 4.79 Å². The van der Waals surface area contributed by atoms with Gasteiger partial charge >= 0.3 is 5.97 Å². The van der Waals surface area contributed by atoms with Crippen LogP contribution in [0.15, 0.2) is 71.9 Å². The van der Waals surface area contributed by atoms with Gasteiger partial charge in [-0.25, -0.2) is 13.6 Å². The molecular weight excluding hydrogens is 520 g/mol. The highest BCUT2D eigenvalue weighted by atomic mass is 19.1. The number of nitrogens with one attached hydrogen (secondary N) is 1. The topological polar surface area (TPSA) is 64.9 Å². The van der Waals surface area contributed by atoms with Gasteiger partial charge in [0.15, 0.2) is 0 Å². The number of nitrogens with zero attached hydrogens (tertiary/aromatic N) is 2. The summed E-state index contributed by atoms with van der Waals surface area (Å²) in [4.78, 5) is 13.1. The Kier molecular flexibility index (Phi) is 9.38. The third kappa shape index (κ3) is 6.56. The summed E-state index contributed by atoms with van der Waals surface area (Å²) >= 11 is 0. The molecule has 3 aromatic carbocycles. The molecule has 1 aliphatic rings. The lowest BCUT2D eigenvalue weighted by Crippen LogP contribution is -2.43. The standard InChI is InChI=1S/C34H37F2N3O2/c1-6-24(20-38-37-7-2)26-11-14-29-27(19-26)16-22(5)39(28-12-9-25(10-13-28)21(3)4)34(29)33-30(35)17-23(18-31(33)36)8-15-32(40)41/h6,8-15,17-22,34,37H,7,16H2,1-5H3,(H,40,41)/b15-8+,24-6+,38-20-/t22-,34+/m1/s1. The van der Waals surface area contributed by atoms with E-state index >= 15 is 8.78 Å². The number of fused-ring (bicyclic) bond motifs is 1. The molecule has 2 atom stereocenters. The van der Waals surface area contributed by atoms with E-state index in [4.69, 9.17) is 5.11 Å². The SMILES string of the molecule is C/C=C(\C=N/NCC)c1ccc2c(c1)C[C@@H](C)N(c1ccc(C(C)C)cc1)[C@@H]2c1c(F)cc(/C=C/C(=O)O)cc1F. The highest BCUT2D eigenvalue weighted by molar-refractivity contribution is 6.09. The van der Waals surface area contributed by atoms with Crippen LogP contribution < -0.4 is 10.3 Å². The van der Waals surface area contributed by atoms with Gasteiger partial charge in [-0.05, 0) is 96.8 Å². The lowest BCUT2D eigenvalue weighted by atomic mass is 9.82. The Morgan fingerprint density at radius 1 is 1.12 bits per heavy atom. The fourth-order valence-corrected chi connectivity index (χ4v) is 5.43. The lowest BCUT2D eigenvalue weighted by molar-refractivity contribution is -0.131. The van der Waals surface area contributed by atoms with Gasteiger partial charge in [0, 0.05) is 24.4 Å². The van der Waals surface area contributed by atoms with Crippen molar-refractivity contribution in [3.63, 3.8) is 0 Å². The molecule has 41 heavy (non-hydrogen) atoms. The highest BCUT2D eigenvalue weighted by Gasteiger charge is 2.37. The molecule has 7 heteroatoms. The molecule has 2 N–H and O–H groups in total. The van der Waals surface area contributed by atoms with Crippen LogP contribution in [0, 0.1) is 11.6 Å². The molecule has 0 radical (unpaired) electrons. The number of anilines is 1. The second-order valence-corrected chi connectivity index (χ2v) is 10.6. The average molecular weight is 558 g/mol. The Morgan fingerprint density at radius 3 is 2.39 bits per heavy atom. The Hall–Kier alpha value is -4.26. The van der Waals surface area contributed by atoms with E-state index in [0.29, 0.717) is 18.9 Å². The molecule has 0 amide bonds. The maximum atomic E-state index is 15.9. The van der Waals surface area contributed by atoms with Gasteiger partial charge in [0.05, 0.1) is 17.8 Å². The maximum Gasteiger partial charge on any atom is 0.328 e. The van der Waals surface area contributed by atoms with Crippen molar-refractivity contribution in [1.82, 2.24) is 5.43 Å². The predicted molar refractivity (Wildman–Crippen MR) is 163 cm³/mol. The zero-order chi connectivity index (χ0) is 29.7. The summed E-state index contributed by atoms with van der Waals surface area (Å²) in [6, 6.07) is 15.8. The number of hydrazone groups is 1. The fraction of sp³-hybridized carbons (Fsp3) is 0.294.